The van der Waals surface area contributed by atoms with Crippen LogP contribution in [0.15, 0.2) is 66.7 Å². The summed E-state index contributed by atoms with van der Waals surface area (Å²) in [6.07, 6.45) is 0. The Kier molecular flexibility index (Phi) is 5.07. The number of aromatic nitrogens is 3. The van der Waals surface area contributed by atoms with Crippen LogP contribution in [0.4, 0.5) is 0 Å². The van der Waals surface area contributed by atoms with Gasteiger partial charge in [0.15, 0.2) is 5.65 Å². The molecule has 0 bridgehead atoms. The molecule has 0 saturated carbocycles. The fourth-order valence-corrected chi connectivity index (χ4v) is 3.89. The molecule has 2 heterocycles. The molecule has 160 valence electrons. The van der Waals surface area contributed by atoms with Crippen LogP contribution in [-0.2, 0) is 11.3 Å². The lowest BCUT2D eigenvalue weighted by atomic mass is 10.2. The van der Waals surface area contributed by atoms with Crippen LogP contribution in [-0.4, -0.2) is 41.3 Å². The Balaban J connectivity index is 1.56. The zero-order valence-electron chi connectivity index (χ0n) is 17.7. The van der Waals surface area contributed by atoms with E-state index in [1.807, 2.05) is 48.5 Å². The molecule has 0 saturated heterocycles. The second-order valence-electron chi connectivity index (χ2n) is 7.26. The molecule has 7 nitrogen and oxygen atoms in total. The topological polar surface area (TPSA) is 75.5 Å². The van der Waals surface area contributed by atoms with Gasteiger partial charge in [-0.05, 0) is 42.5 Å². The third-order valence-corrected chi connectivity index (χ3v) is 5.42. The van der Waals surface area contributed by atoms with E-state index in [4.69, 9.17) is 24.2 Å². The molecule has 32 heavy (non-hydrogen) atoms. The molecule has 0 aliphatic carbocycles. The molecule has 0 amide bonds. The normalized spacial score (nSPS) is 11.2. The molecule has 0 aliphatic heterocycles. The van der Waals surface area contributed by atoms with Gasteiger partial charge in [-0.3, -0.25) is 0 Å². The largest absolute Gasteiger partial charge is 0.497 e. The molecule has 0 aliphatic rings. The fraction of sp³-hybridized carbons (Fsp3) is 0.160. The number of hydrogen-bond acceptors (Lipinski definition) is 6. The summed E-state index contributed by atoms with van der Waals surface area (Å²) in [5.74, 6) is 0.815. The number of rotatable bonds is 6. The molecule has 2 aromatic heterocycles. The molecular formula is C25H21N3O4. The van der Waals surface area contributed by atoms with Crippen LogP contribution in [0.3, 0.4) is 0 Å². The van der Waals surface area contributed by atoms with Crippen LogP contribution < -0.4 is 9.47 Å². The van der Waals surface area contributed by atoms with Gasteiger partial charge in [0.2, 0.25) is 0 Å². The zero-order chi connectivity index (χ0) is 22.1. The van der Waals surface area contributed by atoms with Gasteiger partial charge in [0, 0.05) is 5.39 Å². The number of carbonyl (C=O) groups is 1. The summed E-state index contributed by atoms with van der Waals surface area (Å²) >= 11 is 0. The third-order valence-electron chi connectivity index (χ3n) is 5.42. The number of hydrogen-bond donors (Lipinski definition) is 0. The number of methoxy groups -OCH3 is 2. The number of fused-ring (bicyclic) bond motifs is 4. The fourth-order valence-electron chi connectivity index (χ4n) is 3.89. The Hall–Kier alpha value is -4.13. The predicted molar refractivity (Wildman–Crippen MR) is 122 cm³/mol. The van der Waals surface area contributed by atoms with E-state index in [0.717, 1.165) is 38.8 Å². The minimum atomic E-state index is -0.429. The molecule has 0 unspecified atom stereocenters. The summed E-state index contributed by atoms with van der Waals surface area (Å²) in [4.78, 5) is 21.8. The van der Waals surface area contributed by atoms with Crippen molar-refractivity contribution in [3.8, 4) is 11.5 Å². The van der Waals surface area contributed by atoms with Crippen LogP contribution in [0.25, 0.3) is 33.1 Å². The van der Waals surface area contributed by atoms with Crippen LogP contribution >= 0.6 is 0 Å². The standard InChI is InChI=1S/C25H21N3O4/c1-30-16-11-12-21-18(15-16)23-24(27-20-9-5-4-8-19(20)26-23)28(21)13-14-32-22-10-6-3-7-17(22)25(29)31-2/h3-12,15H,13-14H2,1-2H3. The zero-order valence-corrected chi connectivity index (χ0v) is 17.7. The van der Waals surface area contributed by atoms with Gasteiger partial charge in [0.25, 0.3) is 0 Å². The quantitative estimate of drug-likeness (QED) is 0.368. The minimum absolute atomic E-state index is 0.341. The Morgan fingerprint density at radius 3 is 2.47 bits per heavy atom. The molecule has 3 aromatic carbocycles. The minimum Gasteiger partial charge on any atom is -0.497 e. The second kappa shape index (κ2) is 8.19. The van der Waals surface area contributed by atoms with Crippen LogP contribution in [0.5, 0.6) is 11.5 Å². The van der Waals surface area contributed by atoms with Gasteiger partial charge >= 0.3 is 5.97 Å². The summed E-state index contributed by atoms with van der Waals surface area (Å²) in [7, 11) is 3.00. The Bertz CT molecular complexity index is 1460. The van der Waals surface area contributed by atoms with Gasteiger partial charge in [-0.25, -0.2) is 14.8 Å². The van der Waals surface area contributed by atoms with Crippen molar-refractivity contribution < 1.29 is 19.0 Å². The molecule has 5 rings (SSSR count). The number of ether oxygens (including phenoxy) is 3. The smallest absolute Gasteiger partial charge is 0.341 e. The van der Waals surface area contributed by atoms with Crippen molar-refractivity contribution in [2.75, 3.05) is 20.8 Å². The molecule has 0 spiro atoms. The van der Waals surface area contributed by atoms with Gasteiger partial charge in [-0.15, -0.1) is 0 Å². The van der Waals surface area contributed by atoms with Crippen molar-refractivity contribution in [2.24, 2.45) is 0 Å². The highest BCUT2D eigenvalue weighted by atomic mass is 16.5. The van der Waals surface area contributed by atoms with E-state index in [2.05, 4.69) is 4.57 Å². The summed E-state index contributed by atoms with van der Waals surface area (Å²) in [6.45, 7) is 0.863. The van der Waals surface area contributed by atoms with Gasteiger partial charge in [0.05, 0.1) is 37.3 Å². The molecular weight excluding hydrogens is 406 g/mol. The lowest BCUT2D eigenvalue weighted by Gasteiger charge is -2.12. The monoisotopic (exact) mass is 427 g/mol. The van der Waals surface area contributed by atoms with E-state index < -0.39 is 5.97 Å². The molecule has 0 radical (unpaired) electrons. The molecule has 0 atom stereocenters. The number of carbonyl (C=O) groups excluding carboxylic acids is 1. The third kappa shape index (κ3) is 3.37. The lowest BCUT2D eigenvalue weighted by molar-refractivity contribution is 0.0596. The number of benzene rings is 3. The van der Waals surface area contributed by atoms with E-state index in [-0.39, 0.29) is 0 Å². The number of para-hydroxylation sites is 3. The Morgan fingerprint density at radius 2 is 1.69 bits per heavy atom. The van der Waals surface area contributed by atoms with E-state index in [1.165, 1.54) is 7.11 Å². The van der Waals surface area contributed by atoms with E-state index in [1.54, 1.807) is 25.3 Å². The van der Waals surface area contributed by atoms with E-state index in [9.17, 15) is 4.79 Å². The van der Waals surface area contributed by atoms with Crippen molar-refractivity contribution in [1.29, 1.82) is 0 Å². The first-order valence-electron chi connectivity index (χ1n) is 10.2. The van der Waals surface area contributed by atoms with Crippen molar-refractivity contribution in [3.05, 3.63) is 72.3 Å². The van der Waals surface area contributed by atoms with Gasteiger partial charge in [-0.2, -0.15) is 0 Å². The average Bonchev–Trinajstić information content (AvgIpc) is 3.14. The predicted octanol–water partition coefficient (Wildman–Crippen LogP) is 4.61. The van der Waals surface area contributed by atoms with Crippen molar-refractivity contribution in [1.82, 2.24) is 14.5 Å². The Morgan fingerprint density at radius 1 is 0.938 bits per heavy atom. The molecule has 0 N–H and O–H groups in total. The van der Waals surface area contributed by atoms with Gasteiger partial charge < -0.3 is 18.8 Å². The van der Waals surface area contributed by atoms with E-state index >= 15 is 0 Å². The van der Waals surface area contributed by atoms with Gasteiger partial charge in [0.1, 0.15) is 29.2 Å². The summed E-state index contributed by atoms with van der Waals surface area (Å²) < 4.78 is 18.3. The average molecular weight is 427 g/mol. The van der Waals surface area contributed by atoms with Crippen molar-refractivity contribution in [3.63, 3.8) is 0 Å². The highest BCUT2D eigenvalue weighted by Gasteiger charge is 2.16. The van der Waals surface area contributed by atoms with Crippen LogP contribution in [0, 0.1) is 0 Å². The molecule has 7 heteroatoms. The second-order valence-corrected chi connectivity index (χ2v) is 7.26. The van der Waals surface area contributed by atoms with Crippen LogP contribution in [0.2, 0.25) is 0 Å². The lowest BCUT2D eigenvalue weighted by Crippen LogP contribution is -2.11. The first-order chi connectivity index (χ1) is 15.7. The van der Waals surface area contributed by atoms with Crippen molar-refractivity contribution in [2.45, 2.75) is 6.54 Å². The van der Waals surface area contributed by atoms with Gasteiger partial charge in [-0.1, -0.05) is 24.3 Å². The maximum absolute atomic E-state index is 12.0. The molecule has 5 aromatic rings. The Labute approximate surface area is 184 Å². The highest BCUT2D eigenvalue weighted by molar-refractivity contribution is 6.07. The molecule has 0 fully saturated rings. The SMILES string of the molecule is COC(=O)c1ccccc1OCCn1c2ccc(OC)cc2c2nc3ccccc3nc21. The first kappa shape index (κ1) is 19.8. The summed E-state index contributed by atoms with van der Waals surface area (Å²) in [5.41, 5.74) is 4.64. The van der Waals surface area contributed by atoms with Crippen LogP contribution in [0.1, 0.15) is 10.4 Å². The summed E-state index contributed by atoms with van der Waals surface area (Å²) in [6, 6.07) is 20.8. The van der Waals surface area contributed by atoms with Crippen molar-refractivity contribution >= 4 is 39.1 Å². The summed E-state index contributed by atoms with van der Waals surface area (Å²) in [5, 5.41) is 0.965. The maximum atomic E-state index is 12.0. The van der Waals surface area contributed by atoms with E-state index in [0.29, 0.717) is 24.5 Å². The first-order valence-corrected chi connectivity index (χ1v) is 10.2. The highest BCUT2D eigenvalue weighted by Crippen LogP contribution is 2.31. The number of esters is 1. The maximum Gasteiger partial charge on any atom is 0.341 e. The number of nitrogens with zero attached hydrogens (tertiary/aromatic N) is 3.